The normalized spacial score (nSPS) is 15.3. The summed E-state index contributed by atoms with van der Waals surface area (Å²) in [6.07, 6.45) is 1.67. The van der Waals surface area contributed by atoms with E-state index in [4.69, 9.17) is 10.5 Å². The van der Waals surface area contributed by atoms with Gasteiger partial charge in [-0.25, -0.2) is 0 Å². The fraction of sp³-hybridized carbons (Fsp3) is 0.625. The van der Waals surface area contributed by atoms with Gasteiger partial charge in [-0.15, -0.1) is 0 Å². The van der Waals surface area contributed by atoms with Crippen molar-refractivity contribution in [3.8, 4) is 0 Å². The number of aliphatic hydroxyl groups is 1. The van der Waals surface area contributed by atoms with Crippen LogP contribution in [0, 0.1) is 6.92 Å². The van der Waals surface area contributed by atoms with Crippen LogP contribution >= 0.6 is 0 Å². The van der Waals surface area contributed by atoms with Gasteiger partial charge in [-0.2, -0.15) is 0 Å². The first-order valence-corrected chi connectivity index (χ1v) is 6.82. The fourth-order valence-electron chi connectivity index (χ4n) is 2.22. The molecule has 0 fully saturated rings. The van der Waals surface area contributed by atoms with Crippen molar-refractivity contribution in [3.63, 3.8) is 0 Å². The Bertz CT molecular complexity index is 397. The molecule has 0 aliphatic carbocycles. The van der Waals surface area contributed by atoms with Gasteiger partial charge < -0.3 is 15.6 Å². The number of hydrogen-bond acceptors (Lipinski definition) is 3. The third-order valence-electron chi connectivity index (χ3n) is 4.08. The van der Waals surface area contributed by atoms with E-state index in [1.807, 2.05) is 6.07 Å². The second-order valence-corrected chi connectivity index (χ2v) is 5.98. The highest BCUT2D eigenvalue weighted by Crippen LogP contribution is 2.32. The van der Waals surface area contributed by atoms with Crippen LogP contribution < -0.4 is 5.73 Å². The minimum atomic E-state index is -0.373. The van der Waals surface area contributed by atoms with Crippen LogP contribution in [-0.2, 0) is 10.2 Å². The van der Waals surface area contributed by atoms with Crippen LogP contribution in [0.5, 0.6) is 0 Å². The molecule has 0 bridgehead atoms. The lowest BCUT2D eigenvalue weighted by atomic mass is 9.75. The molecule has 0 saturated carbocycles. The first kappa shape index (κ1) is 16.2. The van der Waals surface area contributed by atoms with E-state index in [-0.39, 0.29) is 17.6 Å². The summed E-state index contributed by atoms with van der Waals surface area (Å²) < 4.78 is 5.46. The van der Waals surface area contributed by atoms with Gasteiger partial charge in [0.15, 0.2) is 0 Å². The van der Waals surface area contributed by atoms with E-state index in [1.54, 1.807) is 7.11 Å². The SMILES string of the molecule is COC(C)(C)CCC(CN)(CO)c1cccc(C)c1. The van der Waals surface area contributed by atoms with Crippen LogP contribution in [0.3, 0.4) is 0 Å². The molecule has 1 unspecified atom stereocenters. The van der Waals surface area contributed by atoms with Crippen molar-refractivity contribution in [3.05, 3.63) is 35.4 Å². The van der Waals surface area contributed by atoms with E-state index in [0.717, 1.165) is 18.4 Å². The molecule has 108 valence electrons. The first-order chi connectivity index (χ1) is 8.89. The average Bonchev–Trinajstić information content (AvgIpc) is 2.41. The lowest BCUT2D eigenvalue weighted by Gasteiger charge is -2.34. The maximum absolute atomic E-state index is 9.87. The standard InChI is InChI=1S/C16H27NO2/c1-13-6-5-7-14(10-13)16(11-17,12-18)9-8-15(2,3)19-4/h5-7,10,18H,8-9,11-12,17H2,1-4H3. The molecule has 1 rings (SSSR count). The highest BCUT2D eigenvalue weighted by atomic mass is 16.5. The lowest BCUT2D eigenvalue weighted by Crippen LogP contribution is -2.41. The summed E-state index contributed by atoms with van der Waals surface area (Å²) in [4.78, 5) is 0. The molecule has 0 spiro atoms. The van der Waals surface area contributed by atoms with Gasteiger partial charge in [0.05, 0.1) is 12.2 Å². The molecular weight excluding hydrogens is 238 g/mol. The third-order valence-corrected chi connectivity index (χ3v) is 4.08. The van der Waals surface area contributed by atoms with Crippen molar-refractivity contribution in [1.29, 1.82) is 0 Å². The second kappa shape index (κ2) is 6.51. The van der Waals surface area contributed by atoms with E-state index in [0.29, 0.717) is 6.54 Å². The largest absolute Gasteiger partial charge is 0.395 e. The van der Waals surface area contributed by atoms with Crippen molar-refractivity contribution >= 4 is 0 Å². The van der Waals surface area contributed by atoms with Gasteiger partial charge >= 0.3 is 0 Å². The first-order valence-electron chi connectivity index (χ1n) is 6.82. The van der Waals surface area contributed by atoms with E-state index in [2.05, 4.69) is 39.0 Å². The summed E-state index contributed by atoms with van der Waals surface area (Å²) in [7, 11) is 1.72. The van der Waals surface area contributed by atoms with E-state index < -0.39 is 0 Å². The van der Waals surface area contributed by atoms with Crippen molar-refractivity contribution in [1.82, 2.24) is 0 Å². The molecule has 0 heterocycles. The molecule has 0 amide bonds. The van der Waals surface area contributed by atoms with Gasteiger partial charge in [0.2, 0.25) is 0 Å². The summed E-state index contributed by atoms with van der Waals surface area (Å²) in [5, 5.41) is 9.87. The predicted molar refractivity (Wildman–Crippen MR) is 79.3 cm³/mol. The minimum absolute atomic E-state index is 0.0622. The number of rotatable bonds is 7. The lowest BCUT2D eigenvalue weighted by molar-refractivity contribution is 0.00584. The molecule has 19 heavy (non-hydrogen) atoms. The van der Waals surface area contributed by atoms with Crippen LogP contribution in [0.25, 0.3) is 0 Å². The number of aliphatic hydroxyl groups excluding tert-OH is 1. The van der Waals surface area contributed by atoms with Gasteiger partial charge in [-0.1, -0.05) is 29.8 Å². The zero-order valence-electron chi connectivity index (χ0n) is 12.6. The van der Waals surface area contributed by atoms with Crippen LogP contribution in [0.15, 0.2) is 24.3 Å². The number of methoxy groups -OCH3 is 1. The van der Waals surface area contributed by atoms with Gasteiger partial charge in [-0.3, -0.25) is 0 Å². The topological polar surface area (TPSA) is 55.5 Å². The molecular formula is C16H27NO2. The minimum Gasteiger partial charge on any atom is -0.395 e. The molecule has 3 nitrogen and oxygen atoms in total. The second-order valence-electron chi connectivity index (χ2n) is 5.98. The molecule has 0 radical (unpaired) electrons. The number of nitrogens with two attached hydrogens (primary N) is 1. The van der Waals surface area contributed by atoms with E-state index in [9.17, 15) is 5.11 Å². The maximum atomic E-state index is 9.87. The van der Waals surface area contributed by atoms with Gasteiger partial charge in [0.1, 0.15) is 0 Å². The Kier molecular flexibility index (Phi) is 5.53. The smallest absolute Gasteiger partial charge is 0.0623 e. The molecule has 3 heteroatoms. The zero-order chi connectivity index (χ0) is 14.5. The molecule has 1 aromatic rings. The Morgan fingerprint density at radius 2 is 1.95 bits per heavy atom. The third kappa shape index (κ3) is 4.03. The summed E-state index contributed by atoms with van der Waals surface area (Å²) in [5.41, 5.74) is 7.71. The quantitative estimate of drug-likeness (QED) is 0.796. The molecule has 0 aliphatic heterocycles. The number of aryl methyl sites for hydroxylation is 1. The monoisotopic (exact) mass is 265 g/mol. The summed E-state index contributed by atoms with van der Waals surface area (Å²) in [6, 6.07) is 8.24. The molecule has 1 atom stereocenters. The van der Waals surface area contributed by atoms with Crippen molar-refractivity contribution < 1.29 is 9.84 Å². The van der Waals surface area contributed by atoms with Gasteiger partial charge in [0.25, 0.3) is 0 Å². The zero-order valence-corrected chi connectivity index (χ0v) is 12.6. The Morgan fingerprint density at radius 3 is 2.42 bits per heavy atom. The van der Waals surface area contributed by atoms with E-state index >= 15 is 0 Å². The number of benzene rings is 1. The number of hydrogen-bond donors (Lipinski definition) is 2. The maximum Gasteiger partial charge on any atom is 0.0623 e. The van der Waals surface area contributed by atoms with E-state index in [1.165, 1.54) is 5.56 Å². The summed E-state index contributed by atoms with van der Waals surface area (Å²) in [6.45, 7) is 6.67. The molecule has 0 saturated heterocycles. The van der Waals surface area contributed by atoms with Crippen LogP contribution in [0.2, 0.25) is 0 Å². The van der Waals surface area contributed by atoms with Gasteiger partial charge in [0, 0.05) is 19.1 Å². The Hall–Kier alpha value is -0.900. The summed E-state index contributed by atoms with van der Waals surface area (Å²) >= 11 is 0. The summed E-state index contributed by atoms with van der Waals surface area (Å²) in [5.74, 6) is 0. The van der Waals surface area contributed by atoms with Crippen LogP contribution in [-0.4, -0.2) is 31.0 Å². The molecule has 0 aromatic heterocycles. The van der Waals surface area contributed by atoms with Crippen LogP contribution in [0.1, 0.15) is 37.8 Å². The van der Waals surface area contributed by atoms with Crippen molar-refractivity contribution in [2.75, 3.05) is 20.3 Å². The fourth-order valence-corrected chi connectivity index (χ4v) is 2.22. The van der Waals surface area contributed by atoms with Crippen molar-refractivity contribution in [2.45, 2.75) is 44.6 Å². The Morgan fingerprint density at radius 1 is 1.26 bits per heavy atom. The molecule has 0 aliphatic rings. The molecule has 3 N–H and O–H groups in total. The molecule has 1 aromatic carbocycles. The van der Waals surface area contributed by atoms with Crippen molar-refractivity contribution in [2.24, 2.45) is 5.73 Å². The highest BCUT2D eigenvalue weighted by molar-refractivity contribution is 5.30. The predicted octanol–water partition coefficient (Wildman–Crippen LogP) is 2.39. The number of ether oxygens (including phenoxy) is 1. The Balaban J connectivity index is 2.97. The van der Waals surface area contributed by atoms with Gasteiger partial charge in [-0.05, 0) is 39.2 Å². The van der Waals surface area contributed by atoms with Crippen LogP contribution in [0.4, 0.5) is 0 Å². The average molecular weight is 265 g/mol. The highest BCUT2D eigenvalue weighted by Gasteiger charge is 2.32. The Labute approximate surface area is 116 Å².